The number of rotatable bonds is 6. The Bertz CT molecular complexity index is 1090. The van der Waals surface area contributed by atoms with Crippen LogP contribution in [0.4, 0.5) is 5.69 Å². The van der Waals surface area contributed by atoms with Crippen LogP contribution >= 0.6 is 11.8 Å². The summed E-state index contributed by atoms with van der Waals surface area (Å²) in [6.45, 7) is 1.08. The van der Waals surface area contributed by atoms with Gasteiger partial charge in [-0.1, -0.05) is 24.3 Å². The van der Waals surface area contributed by atoms with Crippen molar-refractivity contribution in [2.45, 2.75) is 48.1 Å². The van der Waals surface area contributed by atoms with Gasteiger partial charge in [0, 0.05) is 30.6 Å². The first-order valence-electron chi connectivity index (χ1n) is 13.1. The average Bonchev–Trinajstić information content (AvgIpc) is 3.29. The van der Waals surface area contributed by atoms with Crippen molar-refractivity contribution in [1.82, 2.24) is 4.90 Å². The summed E-state index contributed by atoms with van der Waals surface area (Å²) in [5.41, 5.74) is 0.722. The molecule has 0 bridgehead atoms. The van der Waals surface area contributed by atoms with Gasteiger partial charge in [-0.2, -0.15) is 0 Å². The third-order valence-electron chi connectivity index (χ3n) is 7.79. The maximum Gasteiger partial charge on any atom is 0.311 e. The van der Waals surface area contributed by atoms with E-state index in [4.69, 9.17) is 9.47 Å². The summed E-state index contributed by atoms with van der Waals surface area (Å²) in [6.07, 6.45) is 11.8. The smallest absolute Gasteiger partial charge is 0.311 e. The number of hydrogen-bond donors (Lipinski definition) is 1. The Morgan fingerprint density at radius 2 is 1.92 bits per heavy atom. The van der Waals surface area contributed by atoms with Gasteiger partial charge >= 0.3 is 5.97 Å². The van der Waals surface area contributed by atoms with Crippen LogP contribution in [0.15, 0.2) is 48.6 Å². The molecule has 0 radical (unpaired) electrons. The number of amides is 2. The molecule has 4 heterocycles. The number of likely N-dealkylation sites (tertiary alicyclic amines) is 1. The lowest BCUT2D eigenvalue weighted by Gasteiger charge is -2.35. The molecule has 1 spiro atoms. The molecule has 5 atom stereocenters. The monoisotopic (exact) mass is 526 g/mol. The van der Waals surface area contributed by atoms with Gasteiger partial charge in [0.1, 0.15) is 11.8 Å². The molecular weight excluding hydrogens is 492 g/mol. The molecular formula is C28H34N2O6S. The molecule has 37 heavy (non-hydrogen) atoms. The molecule has 9 heteroatoms. The highest BCUT2D eigenvalue weighted by molar-refractivity contribution is 8.02. The van der Waals surface area contributed by atoms with Crippen LogP contribution in [0.5, 0.6) is 5.75 Å². The van der Waals surface area contributed by atoms with Crippen LogP contribution in [-0.2, 0) is 19.1 Å². The molecule has 0 saturated carbocycles. The largest absolute Gasteiger partial charge is 0.497 e. The molecule has 5 rings (SSSR count). The second kappa shape index (κ2) is 10.9. The number of fused-ring (bicyclic) bond motifs is 2. The van der Waals surface area contributed by atoms with E-state index in [9.17, 15) is 19.5 Å². The summed E-state index contributed by atoms with van der Waals surface area (Å²) in [5.74, 6) is -1.34. The summed E-state index contributed by atoms with van der Waals surface area (Å²) < 4.78 is 10.1. The molecule has 0 aromatic heterocycles. The number of unbranched alkanes of at least 4 members (excludes halogenated alkanes) is 1. The van der Waals surface area contributed by atoms with Gasteiger partial charge in [0.15, 0.2) is 0 Å². The fourth-order valence-electron chi connectivity index (χ4n) is 6.04. The Hall–Kier alpha value is -2.78. The lowest BCUT2D eigenvalue weighted by molar-refractivity contribution is -0.153. The molecule has 8 nitrogen and oxygen atoms in total. The Morgan fingerprint density at radius 3 is 2.68 bits per heavy atom. The molecule has 2 fully saturated rings. The number of nitrogens with zero attached hydrogens (tertiary/aromatic N) is 2. The van der Waals surface area contributed by atoms with Gasteiger partial charge in [-0.3, -0.25) is 14.4 Å². The normalized spacial score (nSPS) is 32.3. The Morgan fingerprint density at radius 1 is 1.11 bits per heavy atom. The van der Waals surface area contributed by atoms with Crippen LogP contribution in [0.1, 0.15) is 32.1 Å². The average molecular weight is 527 g/mol. The number of esters is 1. The van der Waals surface area contributed by atoms with Crippen molar-refractivity contribution < 1.29 is 29.0 Å². The summed E-state index contributed by atoms with van der Waals surface area (Å²) in [5, 5.41) is 9.11. The molecule has 1 aromatic carbocycles. The topological polar surface area (TPSA) is 96.4 Å². The highest BCUT2D eigenvalue weighted by Gasteiger charge is 2.70. The SMILES string of the molecule is COc1ccc(N2CC=C[C@]34S[C@H]5/C=C\CCCCOC(=O)[C@H]5[C@H]3C(=O)N(CCCCO)C4C2=O)cc1. The predicted molar refractivity (Wildman–Crippen MR) is 141 cm³/mol. The number of aliphatic hydroxyl groups excluding tert-OH is 1. The predicted octanol–water partition coefficient (Wildman–Crippen LogP) is 2.95. The molecule has 4 aliphatic rings. The first-order valence-corrected chi connectivity index (χ1v) is 14.0. The molecule has 1 aromatic rings. The number of thioether (sulfide) groups is 1. The quantitative estimate of drug-likeness (QED) is 0.346. The fourth-order valence-corrected chi connectivity index (χ4v) is 8.05. The number of benzene rings is 1. The van der Waals surface area contributed by atoms with Crippen molar-refractivity contribution in [2.24, 2.45) is 11.8 Å². The van der Waals surface area contributed by atoms with Crippen molar-refractivity contribution in [3.63, 3.8) is 0 Å². The number of carbonyl (C=O) groups is 3. The maximum absolute atomic E-state index is 14.3. The Labute approximate surface area is 221 Å². The van der Waals surface area contributed by atoms with Gasteiger partial charge < -0.3 is 24.4 Å². The van der Waals surface area contributed by atoms with Crippen molar-refractivity contribution in [1.29, 1.82) is 0 Å². The lowest BCUT2D eigenvalue weighted by atomic mass is 9.78. The van der Waals surface area contributed by atoms with Crippen LogP contribution in [0.25, 0.3) is 0 Å². The summed E-state index contributed by atoms with van der Waals surface area (Å²) in [4.78, 5) is 45.1. The van der Waals surface area contributed by atoms with Gasteiger partial charge in [-0.05, 0) is 56.4 Å². The number of methoxy groups -OCH3 is 1. The zero-order valence-electron chi connectivity index (χ0n) is 21.1. The summed E-state index contributed by atoms with van der Waals surface area (Å²) in [7, 11) is 1.59. The number of hydrogen-bond acceptors (Lipinski definition) is 7. The third-order valence-corrected chi connectivity index (χ3v) is 9.54. The minimum Gasteiger partial charge on any atom is -0.497 e. The number of allylic oxidation sites excluding steroid dienone is 1. The van der Waals surface area contributed by atoms with E-state index in [1.54, 1.807) is 28.7 Å². The minimum absolute atomic E-state index is 0.0175. The van der Waals surface area contributed by atoms with Crippen LogP contribution in [0.3, 0.4) is 0 Å². The van der Waals surface area contributed by atoms with Crippen molar-refractivity contribution in [3.8, 4) is 5.75 Å². The molecule has 1 N–H and O–H groups in total. The van der Waals surface area contributed by atoms with E-state index in [0.717, 1.165) is 24.9 Å². The van der Waals surface area contributed by atoms with Crippen LogP contribution in [0, 0.1) is 11.8 Å². The van der Waals surface area contributed by atoms with Gasteiger partial charge in [0.25, 0.3) is 5.91 Å². The van der Waals surface area contributed by atoms with Crippen LogP contribution < -0.4 is 9.64 Å². The standard InChI is InChI=1S/C28H34N2O6S/c1-35-20-12-10-19(11-13-20)29-16-8-14-28-23(25(32)30(15-5-6-17-31)24(28)26(29)33)22-21(37-28)9-4-2-3-7-18-36-27(22)34/h4,8-14,21-24,31H,2-3,5-7,15-18H2,1H3/b9-4-/t21-,22+,23-,24?,28-/m0/s1. The van der Waals surface area contributed by atoms with E-state index < -0.39 is 22.6 Å². The van der Waals surface area contributed by atoms with Gasteiger partial charge in [-0.25, -0.2) is 0 Å². The van der Waals surface area contributed by atoms with E-state index in [-0.39, 0.29) is 29.6 Å². The molecule has 2 amide bonds. The first kappa shape index (κ1) is 25.9. The van der Waals surface area contributed by atoms with Crippen molar-refractivity contribution >= 4 is 35.2 Å². The second-order valence-electron chi connectivity index (χ2n) is 9.95. The van der Waals surface area contributed by atoms with E-state index in [0.29, 0.717) is 38.3 Å². The lowest BCUT2D eigenvalue weighted by Crippen LogP contribution is -2.53. The molecule has 4 aliphatic heterocycles. The van der Waals surface area contributed by atoms with Crippen LogP contribution in [0.2, 0.25) is 0 Å². The van der Waals surface area contributed by atoms with Crippen LogP contribution in [-0.4, -0.2) is 77.2 Å². The number of ether oxygens (including phenoxy) is 2. The third kappa shape index (κ3) is 4.56. The number of anilines is 1. The second-order valence-corrected chi connectivity index (χ2v) is 11.4. The van der Waals surface area contributed by atoms with Crippen molar-refractivity contribution in [2.75, 3.05) is 38.3 Å². The van der Waals surface area contributed by atoms with E-state index in [1.165, 1.54) is 0 Å². The Balaban J connectivity index is 1.56. The van der Waals surface area contributed by atoms with E-state index in [1.807, 2.05) is 42.5 Å². The summed E-state index contributed by atoms with van der Waals surface area (Å²) in [6, 6.07) is 6.56. The van der Waals surface area contributed by atoms with Gasteiger partial charge in [-0.15, -0.1) is 11.8 Å². The molecule has 198 valence electrons. The summed E-state index contributed by atoms with van der Waals surface area (Å²) >= 11 is 1.55. The highest BCUT2D eigenvalue weighted by Crippen LogP contribution is 2.60. The highest BCUT2D eigenvalue weighted by atomic mass is 32.2. The van der Waals surface area contributed by atoms with E-state index >= 15 is 0 Å². The Kier molecular flexibility index (Phi) is 7.62. The van der Waals surface area contributed by atoms with Crippen molar-refractivity contribution in [3.05, 3.63) is 48.6 Å². The number of carbonyl (C=O) groups excluding carboxylic acids is 3. The van der Waals surface area contributed by atoms with E-state index in [2.05, 4.69) is 6.08 Å². The maximum atomic E-state index is 14.3. The number of aliphatic hydroxyl groups is 1. The molecule has 2 saturated heterocycles. The zero-order valence-corrected chi connectivity index (χ0v) is 21.9. The van der Waals surface area contributed by atoms with Gasteiger partial charge in [0.05, 0.1) is 30.3 Å². The van der Waals surface area contributed by atoms with Gasteiger partial charge in [0.2, 0.25) is 5.91 Å². The first-order chi connectivity index (χ1) is 18.0. The zero-order chi connectivity index (χ0) is 26.0. The molecule has 1 unspecified atom stereocenters. The number of cyclic esters (lactones) is 1. The fraction of sp³-hybridized carbons (Fsp3) is 0.536. The minimum atomic E-state index is -0.874. The molecule has 0 aliphatic carbocycles.